The Morgan fingerprint density at radius 3 is 2.44 bits per heavy atom. The van der Waals surface area contributed by atoms with Crippen molar-refractivity contribution in [1.82, 2.24) is 0 Å². The van der Waals surface area contributed by atoms with E-state index in [0.717, 1.165) is 18.8 Å². The third-order valence-corrected chi connectivity index (χ3v) is 6.11. The van der Waals surface area contributed by atoms with E-state index in [1.807, 2.05) is 0 Å². The van der Waals surface area contributed by atoms with Crippen LogP contribution in [0.4, 0.5) is 0 Å². The molecule has 3 fully saturated rings. The van der Waals surface area contributed by atoms with E-state index in [1.54, 1.807) is 0 Å². The summed E-state index contributed by atoms with van der Waals surface area (Å²) in [7, 11) is 0. The first kappa shape index (κ1) is 11.1. The van der Waals surface area contributed by atoms with Gasteiger partial charge in [0.25, 0.3) is 0 Å². The summed E-state index contributed by atoms with van der Waals surface area (Å²) in [5.41, 5.74) is 0.637. The van der Waals surface area contributed by atoms with Crippen molar-refractivity contribution >= 4 is 0 Å². The van der Waals surface area contributed by atoms with Gasteiger partial charge in [-0.25, -0.2) is 0 Å². The second-order valence-corrected chi connectivity index (χ2v) is 7.89. The van der Waals surface area contributed by atoms with Crippen LogP contribution in [0.1, 0.15) is 65.7 Å². The number of aliphatic hydroxyl groups is 1. The van der Waals surface area contributed by atoms with Crippen molar-refractivity contribution in [2.24, 2.45) is 22.7 Å². The quantitative estimate of drug-likeness (QED) is 0.662. The lowest BCUT2D eigenvalue weighted by atomic mass is 9.49. The Labute approximate surface area is 99.6 Å². The van der Waals surface area contributed by atoms with E-state index in [0.29, 0.717) is 16.7 Å². The second kappa shape index (κ2) is 3.04. The highest BCUT2D eigenvalue weighted by Gasteiger charge is 2.59. The number of hydrogen-bond donors (Lipinski definition) is 1. The van der Waals surface area contributed by atoms with Gasteiger partial charge in [-0.2, -0.15) is 0 Å². The van der Waals surface area contributed by atoms with Crippen LogP contribution in [0.25, 0.3) is 0 Å². The highest BCUT2D eigenvalue weighted by atomic mass is 16.3. The van der Waals surface area contributed by atoms with Gasteiger partial charge in [0.1, 0.15) is 0 Å². The molecule has 2 bridgehead atoms. The van der Waals surface area contributed by atoms with Gasteiger partial charge in [-0.3, -0.25) is 0 Å². The summed E-state index contributed by atoms with van der Waals surface area (Å²) < 4.78 is 0. The van der Waals surface area contributed by atoms with Crippen LogP contribution in [-0.4, -0.2) is 10.7 Å². The van der Waals surface area contributed by atoms with Crippen molar-refractivity contribution in [3.05, 3.63) is 0 Å². The molecule has 0 radical (unpaired) electrons. The monoisotopic (exact) mass is 222 g/mol. The van der Waals surface area contributed by atoms with Crippen molar-refractivity contribution in [1.29, 1.82) is 0 Å². The summed E-state index contributed by atoms with van der Waals surface area (Å²) in [4.78, 5) is 0. The van der Waals surface area contributed by atoms with Crippen molar-refractivity contribution in [3.63, 3.8) is 0 Å². The minimum atomic E-state index is -0.302. The normalized spacial score (nSPS) is 54.8. The minimum absolute atomic E-state index is 0.302. The average Bonchev–Trinajstić information content (AvgIpc) is 2.19. The van der Waals surface area contributed by atoms with Gasteiger partial charge in [0, 0.05) is 0 Å². The third kappa shape index (κ3) is 1.40. The van der Waals surface area contributed by atoms with Gasteiger partial charge in [0.05, 0.1) is 5.60 Å². The zero-order valence-electron chi connectivity index (χ0n) is 11.1. The first-order chi connectivity index (χ1) is 7.35. The molecule has 0 aromatic rings. The Morgan fingerprint density at radius 2 is 1.75 bits per heavy atom. The SMILES string of the molecule is CC1(C)C[C@H]2[C@@H]1CC[C@@]1(C)CCC[C@]2(O)C1. The standard InChI is InChI=1S/C15H26O/c1-13(2)9-12-11(13)5-8-14(3)6-4-7-15(12,16)10-14/h11-12,16H,4-10H2,1-3H3/t11-,12-,14+,15-/m0/s1. The lowest BCUT2D eigenvalue weighted by molar-refractivity contribution is -0.161. The Kier molecular flexibility index (Phi) is 2.11. The maximum absolute atomic E-state index is 11.0. The maximum Gasteiger partial charge on any atom is 0.0684 e. The first-order valence-corrected chi connectivity index (χ1v) is 7.07. The molecule has 0 spiro atoms. The smallest absolute Gasteiger partial charge is 0.0684 e. The molecule has 0 unspecified atom stereocenters. The molecule has 0 heterocycles. The van der Waals surface area contributed by atoms with E-state index >= 15 is 0 Å². The molecule has 0 aromatic heterocycles. The second-order valence-electron chi connectivity index (χ2n) is 7.89. The lowest BCUT2D eigenvalue weighted by Crippen LogP contribution is -2.56. The lowest BCUT2D eigenvalue weighted by Gasteiger charge is -2.58. The van der Waals surface area contributed by atoms with Crippen LogP contribution in [0.5, 0.6) is 0 Å². The van der Waals surface area contributed by atoms with Crippen LogP contribution >= 0.6 is 0 Å². The van der Waals surface area contributed by atoms with E-state index in [4.69, 9.17) is 0 Å². The van der Waals surface area contributed by atoms with Crippen LogP contribution < -0.4 is 0 Å². The van der Waals surface area contributed by atoms with Crippen LogP contribution in [-0.2, 0) is 0 Å². The van der Waals surface area contributed by atoms with E-state index in [-0.39, 0.29) is 5.60 Å². The Balaban J connectivity index is 1.92. The van der Waals surface area contributed by atoms with Gasteiger partial charge in [0.15, 0.2) is 0 Å². The Bertz CT molecular complexity index is 309. The molecule has 3 rings (SSSR count). The molecule has 16 heavy (non-hydrogen) atoms. The van der Waals surface area contributed by atoms with Crippen molar-refractivity contribution in [3.8, 4) is 0 Å². The van der Waals surface area contributed by atoms with Gasteiger partial charge < -0.3 is 5.11 Å². The molecule has 1 N–H and O–H groups in total. The average molecular weight is 222 g/mol. The summed E-state index contributed by atoms with van der Waals surface area (Å²) in [6.45, 7) is 7.21. The van der Waals surface area contributed by atoms with E-state index in [1.165, 1.54) is 32.1 Å². The fourth-order valence-electron chi connectivity index (χ4n) is 5.17. The van der Waals surface area contributed by atoms with Crippen molar-refractivity contribution in [2.75, 3.05) is 0 Å². The topological polar surface area (TPSA) is 20.2 Å². The molecule has 0 aromatic carbocycles. The molecular formula is C15H26O. The van der Waals surface area contributed by atoms with Gasteiger partial charge in [0.2, 0.25) is 0 Å². The highest BCUT2D eigenvalue weighted by Crippen LogP contribution is 2.64. The Morgan fingerprint density at radius 1 is 1.00 bits per heavy atom. The van der Waals surface area contributed by atoms with Gasteiger partial charge in [-0.15, -0.1) is 0 Å². The van der Waals surface area contributed by atoms with Crippen molar-refractivity contribution in [2.45, 2.75) is 71.3 Å². The molecule has 3 saturated carbocycles. The third-order valence-electron chi connectivity index (χ3n) is 6.11. The number of hydrogen-bond acceptors (Lipinski definition) is 1. The fraction of sp³-hybridized carbons (Fsp3) is 1.00. The molecule has 1 nitrogen and oxygen atoms in total. The molecule has 92 valence electrons. The molecule has 3 aliphatic carbocycles. The van der Waals surface area contributed by atoms with E-state index < -0.39 is 0 Å². The summed E-state index contributed by atoms with van der Waals surface area (Å²) in [5.74, 6) is 1.40. The summed E-state index contributed by atoms with van der Waals surface area (Å²) in [6, 6.07) is 0. The molecule has 4 atom stereocenters. The molecule has 0 saturated heterocycles. The van der Waals surface area contributed by atoms with Crippen LogP contribution in [0.3, 0.4) is 0 Å². The molecule has 0 amide bonds. The number of rotatable bonds is 0. The summed E-state index contributed by atoms with van der Waals surface area (Å²) in [5, 5.41) is 11.0. The minimum Gasteiger partial charge on any atom is -0.390 e. The van der Waals surface area contributed by atoms with E-state index in [2.05, 4.69) is 20.8 Å². The van der Waals surface area contributed by atoms with Crippen LogP contribution in [0, 0.1) is 22.7 Å². The zero-order valence-corrected chi connectivity index (χ0v) is 11.1. The predicted molar refractivity (Wildman–Crippen MR) is 66.1 cm³/mol. The van der Waals surface area contributed by atoms with Crippen LogP contribution in [0.2, 0.25) is 0 Å². The molecular weight excluding hydrogens is 196 g/mol. The molecule has 0 aliphatic heterocycles. The highest BCUT2D eigenvalue weighted by molar-refractivity contribution is 5.10. The predicted octanol–water partition coefficient (Wildman–Crippen LogP) is 3.75. The first-order valence-electron chi connectivity index (χ1n) is 7.07. The molecule has 3 aliphatic rings. The zero-order chi connectivity index (χ0) is 11.6. The fourth-order valence-corrected chi connectivity index (χ4v) is 5.17. The van der Waals surface area contributed by atoms with Gasteiger partial charge >= 0.3 is 0 Å². The van der Waals surface area contributed by atoms with Crippen LogP contribution in [0.15, 0.2) is 0 Å². The molecule has 1 heteroatoms. The summed E-state index contributed by atoms with van der Waals surface area (Å²) in [6.07, 6.45) is 8.70. The van der Waals surface area contributed by atoms with Crippen molar-refractivity contribution < 1.29 is 5.11 Å². The number of fused-ring (bicyclic) bond motifs is 4. The summed E-state index contributed by atoms with van der Waals surface area (Å²) >= 11 is 0. The van der Waals surface area contributed by atoms with Gasteiger partial charge in [-0.05, 0) is 61.2 Å². The van der Waals surface area contributed by atoms with E-state index in [9.17, 15) is 5.11 Å². The largest absolute Gasteiger partial charge is 0.390 e. The Hall–Kier alpha value is -0.0400. The maximum atomic E-state index is 11.0. The van der Waals surface area contributed by atoms with Gasteiger partial charge in [-0.1, -0.05) is 27.2 Å².